The second-order valence-electron chi connectivity index (χ2n) is 5.38. The number of hydrogen-bond acceptors (Lipinski definition) is 1. The molecule has 0 spiro atoms. The van der Waals surface area contributed by atoms with E-state index in [1.807, 2.05) is 0 Å². The minimum absolute atomic E-state index is 0.00102. The smallest absolute Gasteiger partial charge is 0.314 e. The van der Waals surface area contributed by atoms with Crippen molar-refractivity contribution in [3.8, 4) is 0 Å². The van der Waals surface area contributed by atoms with Crippen molar-refractivity contribution in [3.05, 3.63) is 0 Å². The highest BCUT2D eigenvalue weighted by Gasteiger charge is 2.37. The second kappa shape index (κ2) is 4.42. The van der Waals surface area contributed by atoms with Crippen LogP contribution in [-0.4, -0.2) is 19.1 Å². The zero-order valence-electron chi connectivity index (χ0n) is 9.64. The molecule has 0 unspecified atom stereocenters. The van der Waals surface area contributed by atoms with Crippen LogP contribution in [0.15, 0.2) is 0 Å². The van der Waals surface area contributed by atoms with Crippen molar-refractivity contribution >= 4 is 6.03 Å². The van der Waals surface area contributed by atoms with Crippen LogP contribution in [0.3, 0.4) is 0 Å². The number of carbonyl (C=O) groups is 1. The minimum Gasteiger partial charge on any atom is -0.338 e. The number of nitrogens with one attached hydrogen (secondary N) is 2. The first-order valence-electron chi connectivity index (χ1n) is 6.22. The van der Waals surface area contributed by atoms with Crippen LogP contribution in [0.25, 0.3) is 0 Å². The van der Waals surface area contributed by atoms with Crippen molar-refractivity contribution in [2.75, 3.05) is 13.1 Å². The lowest BCUT2D eigenvalue weighted by Gasteiger charge is -2.40. The van der Waals surface area contributed by atoms with Crippen LogP contribution in [0.4, 0.5) is 4.79 Å². The molecule has 15 heavy (non-hydrogen) atoms. The van der Waals surface area contributed by atoms with Gasteiger partial charge in [-0.15, -0.1) is 0 Å². The Labute approximate surface area is 92.0 Å². The number of urea groups is 1. The lowest BCUT2D eigenvalue weighted by atomic mass is 9.72. The molecule has 0 atom stereocenters. The van der Waals surface area contributed by atoms with Gasteiger partial charge in [-0.05, 0) is 18.8 Å². The Morgan fingerprint density at radius 3 is 2.13 bits per heavy atom. The fourth-order valence-corrected chi connectivity index (χ4v) is 2.95. The van der Waals surface area contributed by atoms with Crippen molar-refractivity contribution in [1.82, 2.24) is 10.6 Å². The Kier molecular flexibility index (Phi) is 3.17. The minimum atomic E-state index is 0.00102. The summed E-state index contributed by atoms with van der Waals surface area (Å²) < 4.78 is 0. The van der Waals surface area contributed by atoms with E-state index in [1.54, 1.807) is 0 Å². The lowest BCUT2D eigenvalue weighted by molar-refractivity contribution is 0.137. The van der Waals surface area contributed by atoms with Gasteiger partial charge in [-0.25, -0.2) is 4.79 Å². The highest BCUT2D eigenvalue weighted by Crippen LogP contribution is 2.37. The summed E-state index contributed by atoms with van der Waals surface area (Å²) >= 11 is 0. The Bertz CT molecular complexity index is 222. The molecule has 0 bridgehead atoms. The highest BCUT2D eigenvalue weighted by molar-refractivity contribution is 5.74. The van der Waals surface area contributed by atoms with Crippen LogP contribution in [0, 0.1) is 11.3 Å². The largest absolute Gasteiger partial charge is 0.338 e. The van der Waals surface area contributed by atoms with Crippen LogP contribution in [0.5, 0.6) is 0 Å². The molecule has 1 saturated carbocycles. The molecule has 2 fully saturated rings. The third-order valence-electron chi connectivity index (χ3n) is 4.15. The van der Waals surface area contributed by atoms with Crippen molar-refractivity contribution in [1.29, 1.82) is 0 Å². The maximum absolute atomic E-state index is 11.1. The molecule has 2 N–H and O–H groups in total. The molecule has 0 aromatic rings. The van der Waals surface area contributed by atoms with E-state index in [9.17, 15) is 4.79 Å². The number of rotatable bonds is 1. The van der Waals surface area contributed by atoms with E-state index in [0.717, 1.165) is 19.0 Å². The van der Waals surface area contributed by atoms with Gasteiger partial charge in [0.1, 0.15) is 0 Å². The SMILES string of the molecule is CC1(C2CCCCCC2)CNC(=O)NC1. The Morgan fingerprint density at radius 1 is 1.07 bits per heavy atom. The normalized spacial score (nSPS) is 27.7. The van der Waals surface area contributed by atoms with Crippen molar-refractivity contribution in [2.45, 2.75) is 45.4 Å². The number of amides is 2. The summed E-state index contributed by atoms with van der Waals surface area (Å²) in [7, 11) is 0. The van der Waals surface area contributed by atoms with E-state index in [0.29, 0.717) is 0 Å². The van der Waals surface area contributed by atoms with Gasteiger partial charge in [0, 0.05) is 18.5 Å². The van der Waals surface area contributed by atoms with Gasteiger partial charge >= 0.3 is 6.03 Å². The predicted molar refractivity (Wildman–Crippen MR) is 60.7 cm³/mol. The fraction of sp³-hybridized carbons (Fsp3) is 0.917. The maximum atomic E-state index is 11.1. The van der Waals surface area contributed by atoms with Gasteiger partial charge in [-0.2, -0.15) is 0 Å². The summed E-state index contributed by atoms with van der Waals surface area (Å²) in [6.45, 7) is 4.02. The molecule has 0 radical (unpaired) electrons. The summed E-state index contributed by atoms with van der Waals surface area (Å²) in [5.41, 5.74) is 0.276. The van der Waals surface area contributed by atoms with Gasteiger partial charge < -0.3 is 10.6 Å². The number of hydrogen-bond donors (Lipinski definition) is 2. The standard InChI is InChI=1S/C12H22N2O/c1-12(8-13-11(15)14-9-12)10-6-4-2-3-5-7-10/h10H,2-9H2,1H3,(H2,13,14,15). The molecule has 2 amide bonds. The molecule has 1 saturated heterocycles. The van der Waals surface area contributed by atoms with Crippen LogP contribution < -0.4 is 10.6 Å². The van der Waals surface area contributed by atoms with E-state index in [-0.39, 0.29) is 11.4 Å². The summed E-state index contributed by atoms with van der Waals surface area (Å²) in [6, 6.07) is 0.00102. The van der Waals surface area contributed by atoms with Crippen LogP contribution >= 0.6 is 0 Å². The van der Waals surface area contributed by atoms with E-state index in [2.05, 4.69) is 17.6 Å². The summed E-state index contributed by atoms with van der Waals surface area (Å²) in [5.74, 6) is 0.785. The van der Waals surface area contributed by atoms with Gasteiger partial charge in [-0.3, -0.25) is 0 Å². The van der Waals surface area contributed by atoms with Crippen molar-refractivity contribution < 1.29 is 4.79 Å². The monoisotopic (exact) mass is 210 g/mol. The van der Waals surface area contributed by atoms with E-state index < -0.39 is 0 Å². The molecule has 1 aliphatic carbocycles. The van der Waals surface area contributed by atoms with Gasteiger partial charge in [0.05, 0.1) is 0 Å². The molecule has 2 rings (SSSR count). The molecule has 0 aromatic heterocycles. The molecule has 1 aliphatic heterocycles. The first-order chi connectivity index (χ1) is 7.21. The quantitative estimate of drug-likeness (QED) is 0.640. The van der Waals surface area contributed by atoms with Gasteiger partial charge in [0.25, 0.3) is 0 Å². The molecular formula is C12H22N2O. The van der Waals surface area contributed by atoms with E-state index in [4.69, 9.17) is 0 Å². The van der Waals surface area contributed by atoms with E-state index >= 15 is 0 Å². The summed E-state index contributed by atoms with van der Waals surface area (Å²) in [4.78, 5) is 11.1. The van der Waals surface area contributed by atoms with Crippen molar-refractivity contribution in [2.24, 2.45) is 11.3 Å². The Morgan fingerprint density at radius 2 is 1.60 bits per heavy atom. The summed E-state index contributed by atoms with van der Waals surface area (Å²) in [5, 5.41) is 5.88. The molecular weight excluding hydrogens is 188 g/mol. The molecule has 3 nitrogen and oxygen atoms in total. The van der Waals surface area contributed by atoms with Crippen LogP contribution in [0.1, 0.15) is 45.4 Å². The van der Waals surface area contributed by atoms with Crippen LogP contribution in [0.2, 0.25) is 0 Å². The van der Waals surface area contributed by atoms with Gasteiger partial charge in [-0.1, -0.05) is 32.6 Å². The third-order valence-corrected chi connectivity index (χ3v) is 4.15. The average molecular weight is 210 g/mol. The Hall–Kier alpha value is -0.730. The van der Waals surface area contributed by atoms with Crippen LogP contribution in [-0.2, 0) is 0 Å². The Balaban J connectivity index is 1.97. The lowest BCUT2D eigenvalue weighted by Crippen LogP contribution is -2.56. The van der Waals surface area contributed by atoms with Crippen molar-refractivity contribution in [3.63, 3.8) is 0 Å². The molecule has 2 aliphatic rings. The molecule has 3 heteroatoms. The van der Waals surface area contributed by atoms with Gasteiger partial charge in [0.2, 0.25) is 0 Å². The first kappa shape index (κ1) is 10.8. The molecule has 86 valence electrons. The van der Waals surface area contributed by atoms with E-state index in [1.165, 1.54) is 38.5 Å². The zero-order chi connectivity index (χ0) is 10.7. The second-order valence-corrected chi connectivity index (χ2v) is 5.38. The van der Waals surface area contributed by atoms with Gasteiger partial charge in [0.15, 0.2) is 0 Å². The molecule has 0 aromatic carbocycles. The average Bonchev–Trinajstić information content (AvgIpc) is 2.51. The predicted octanol–water partition coefficient (Wildman–Crippen LogP) is 2.28. The summed E-state index contributed by atoms with van der Waals surface area (Å²) in [6.07, 6.45) is 8.21. The zero-order valence-corrected chi connectivity index (χ0v) is 9.64. The maximum Gasteiger partial charge on any atom is 0.314 e. The highest BCUT2D eigenvalue weighted by atomic mass is 16.2. The third kappa shape index (κ3) is 2.44. The first-order valence-corrected chi connectivity index (χ1v) is 6.22. The number of carbonyl (C=O) groups excluding carboxylic acids is 1. The topological polar surface area (TPSA) is 41.1 Å². The fourth-order valence-electron chi connectivity index (χ4n) is 2.95. The molecule has 1 heterocycles.